The molecule has 2 atom stereocenters. The second kappa shape index (κ2) is 7.36. The molecule has 3 heterocycles. The molecule has 8 heteroatoms. The molecule has 23 heavy (non-hydrogen) atoms. The van der Waals surface area contributed by atoms with Crippen molar-refractivity contribution >= 4 is 5.91 Å². The van der Waals surface area contributed by atoms with Gasteiger partial charge in [-0.2, -0.15) is 5.10 Å². The number of aryl methyl sites for hydroxylation is 2. The van der Waals surface area contributed by atoms with Crippen LogP contribution in [0.25, 0.3) is 0 Å². The molecule has 0 saturated carbocycles. The van der Waals surface area contributed by atoms with Crippen LogP contribution in [0, 0.1) is 12.8 Å². The molecule has 1 amide bonds. The fourth-order valence-corrected chi connectivity index (χ4v) is 2.76. The summed E-state index contributed by atoms with van der Waals surface area (Å²) in [6.07, 6.45) is 5.06. The van der Waals surface area contributed by atoms with Crippen LogP contribution < -0.4 is 5.32 Å². The third kappa shape index (κ3) is 4.38. The zero-order valence-electron chi connectivity index (χ0n) is 13.1. The average Bonchev–Trinajstić information content (AvgIpc) is 3.24. The summed E-state index contributed by atoms with van der Waals surface area (Å²) >= 11 is 0. The van der Waals surface area contributed by atoms with Gasteiger partial charge in [-0.05, 0) is 13.3 Å². The summed E-state index contributed by atoms with van der Waals surface area (Å²) in [6, 6.07) is 1.95. The van der Waals surface area contributed by atoms with E-state index in [4.69, 9.17) is 9.26 Å². The standard InChI is InChI=1S/C15H21N5O3/c1-11-5-13(23-19-11)6-12-7-22-8-14(12)18-15(21)3-2-4-20-10-16-9-17-20/h5,9-10,12,14H,2-4,6-8H2,1H3,(H,18,21)/t12-,14+/m1/s1. The van der Waals surface area contributed by atoms with Gasteiger partial charge in [-0.3, -0.25) is 9.48 Å². The van der Waals surface area contributed by atoms with E-state index in [2.05, 4.69) is 20.6 Å². The molecule has 0 aromatic carbocycles. The molecule has 1 saturated heterocycles. The van der Waals surface area contributed by atoms with E-state index in [1.165, 1.54) is 6.33 Å². The van der Waals surface area contributed by atoms with Crippen molar-refractivity contribution in [3.05, 3.63) is 30.2 Å². The summed E-state index contributed by atoms with van der Waals surface area (Å²) in [7, 11) is 0. The molecule has 0 radical (unpaired) electrons. The summed E-state index contributed by atoms with van der Waals surface area (Å²) < 4.78 is 12.5. The van der Waals surface area contributed by atoms with Crippen LogP contribution in [0.15, 0.2) is 23.2 Å². The molecule has 2 aromatic rings. The van der Waals surface area contributed by atoms with Gasteiger partial charge in [0, 0.05) is 31.4 Å². The maximum absolute atomic E-state index is 12.1. The van der Waals surface area contributed by atoms with Crippen molar-refractivity contribution in [2.45, 2.75) is 38.8 Å². The first-order chi connectivity index (χ1) is 11.2. The van der Waals surface area contributed by atoms with Crippen molar-refractivity contribution in [2.24, 2.45) is 5.92 Å². The molecule has 0 aliphatic carbocycles. The number of carbonyl (C=O) groups excluding carboxylic acids is 1. The Hall–Kier alpha value is -2.22. The predicted molar refractivity (Wildman–Crippen MR) is 80.4 cm³/mol. The summed E-state index contributed by atoms with van der Waals surface area (Å²) in [4.78, 5) is 16.0. The topological polar surface area (TPSA) is 95.1 Å². The van der Waals surface area contributed by atoms with E-state index in [9.17, 15) is 4.79 Å². The quantitative estimate of drug-likeness (QED) is 0.808. The van der Waals surface area contributed by atoms with Crippen LogP contribution in [0.4, 0.5) is 0 Å². The van der Waals surface area contributed by atoms with Crippen LogP contribution in [-0.4, -0.2) is 45.1 Å². The average molecular weight is 319 g/mol. The van der Waals surface area contributed by atoms with Crippen molar-refractivity contribution < 1.29 is 14.1 Å². The van der Waals surface area contributed by atoms with E-state index in [-0.39, 0.29) is 17.9 Å². The van der Waals surface area contributed by atoms with Crippen molar-refractivity contribution in [2.75, 3.05) is 13.2 Å². The van der Waals surface area contributed by atoms with Gasteiger partial charge in [0.2, 0.25) is 5.91 Å². The third-order valence-corrected chi connectivity index (χ3v) is 3.94. The van der Waals surface area contributed by atoms with Crippen LogP contribution >= 0.6 is 0 Å². The maximum Gasteiger partial charge on any atom is 0.220 e. The van der Waals surface area contributed by atoms with Gasteiger partial charge in [-0.25, -0.2) is 4.98 Å². The number of carbonyl (C=O) groups is 1. The fraction of sp³-hybridized carbons (Fsp3) is 0.600. The van der Waals surface area contributed by atoms with Crippen molar-refractivity contribution in [3.63, 3.8) is 0 Å². The molecule has 8 nitrogen and oxygen atoms in total. The minimum absolute atomic E-state index is 0.0271. The number of hydrogen-bond acceptors (Lipinski definition) is 6. The molecule has 3 rings (SSSR count). The highest BCUT2D eigenvalue weighted by molar-refractivity contribution is 5.76. The van der Waals surface area contributed by atoms with E-state index in [1.54, 1.807) is 11.0 Å². The highest BCUT2D eigenvalue weighted by atomic mass is 16.5. The van der Waals surface area contributed by atoms with Crippen LogP contribution in [0.1, 0.15) is 24.3 Å². The number of aromatic nitrogens is 4. The molecule has 0 unspecified atom stereocenters. The Morgan fingerprint density at radius 1 is 1.48 bits per heavy atom. The van der Waals surface area contributed by atoms with Crippen molar-refractivity contribution in [1.29, 1.82) is 0 Å². The van der Waals surface area contributed by atoms with E-state index < -0.39 is 0 Å². The lowest BCUT2D eigenvalue weighted by Crippen LogP contribution is -2.40. The number of nitrogens with zero attached hydrogens (tertiary/aromatic N) is 4. The third-order valence-electron chi connectivity index (χ3n) is 3.94. The minimum Gasteiger partial charge on any atom is -0.379 e. The number of nitrogens with one attached hydrogen (secondary N) is 1. The monoisotopic (exact) mass is 319 g/mol. The zero-order chi connectivity index (χ0) is 16.1. The Morgan fingerprint density at radius 3 is 3.13 bits per heavy atom. The van der Waals surface area contributed by atoms with Crippen molar-refractivity contribution in [3.8, 4) is 0 Å². The highest BCUT2D eigenvalue weighted by Gasteiger charge is 2.30. The normalized spacial score (nSPS) is 20.7. The van der Waals surface area contributed by atoms with Gasteiger partial charge < -0.3 is 14.6 Å². The number of hydrogen-bond donors (Lipinski definition) is 1. The Morgan fingerprint density at radius 2 is 2.39 bits per heavy atom. The molecule has 2 aromatic heterocycles. The summed E-state index contributed by atoms with van der Waals surface area (Å²) in [6.45, 7) is 3.76. The Bertz CT molecular complexity index is 625. The summed E-state index contributed by atoms with van der Waals surface area (Å²) in [5.41, 5.74) is 0.868. The van der Waals surface area contributed by atoms with E-state index >= 15 is 0 Å². The van der Waals surface area contributed by atoms with Gasteiger partial charge in [0.1, 0.15) is 18.4 Å². The molecular weight excluding hydrogens is 298 g/mol. The van der Waals surface area contributed by atoms with Crippen LogP contribution in [0.2, 0.25) is 0 Å². The molecule has 0 spiro atoms. The second-order valence-corrected chi connectivity index (χ2v) is 5.87. The molecular formula is C15H21N5O3. The van der Waals surface area contributed by atoms with E-state index in [1.807, 2.05) is 13.0 Å². The Kier molecular flexibility index (Phi) is 5.02. The first kappa shape index (κ1) is 15.7. The van der Waals surface area contributed by atoms with Crippen LogP contribution in [-0.2, 0) is 22.5 Å². The first-order valence-corrected chi connectivity index (χ1v) is 7.82. The van der Waals surface area contributed by atoms with Gasteiger partial charge in [0.05, 0.1) is 24.9 Å². The fourth-order valence-electron chi connectivity index (χ4n) is 2.76. The minimum atomic E-state index is 0.0271. The first-order valence-electron chi connectivity index (χ1n) is 7.82. The van der Waals surface area contributed by atoms with Crippen molar-refractivity contribution in [1.82, 2.24) is 25.2 Å². The Labute approximate surface area is 134 Å². The van der Waals surface area contributed by atoms with E-state index in [0.717, 1.165) is 24.3 Å². The second-order valence-electron chi connectivity index (χ2n) is 5.87. The maximum atomic E-state index is 12.1. The lowest BCUT2D eigenvalue weighted by molar-refractivity contribution is -0.122. The van der Waals surface area contributed by atoms with Gasteiger partial charge in [-0.1, -0.05) is 5.16 Å². The van der Waals surface area contributed by atoms with Crippen LogP contribution in [0.3, 0.4) is 0 Å². The molecule has 124 valence electrons. The zero-order valence-corrected chi connectivity index (χ0v) is 13.1. The summed E-state index contributed by atoms with van der Waals surface area (Å²) in [5, 5.41) is 11.0. The largest absolute Gasteiger partial charge is 0.379 e. The molecule has 1 aliphatic heterocycles. The molecule has 1 fully saturated rings. The smallest absolute Gasteiger partial charge is 0.220 e. The van der Waals surface area contributed by atoms with Gasteiger partial charge in [0.25, 0.3) is 0 Å². The molecule has 0 bridgehead atoms. The predicted octanol–water partition coefficient (Wildman–Crippen LogP) is 0.729. The van der Waals surface area contributed by atoms with Crippen LogP contribution in [0.5, 0.6) is 0 Å². The number of ether oxygens (including phenoxy) is 1. The SMILES string of the molecule is Cc1cc(C[C@@H]2COC[C@@H]2NC(=O)CCCn2cncn2)on1. The number of rotatable bonds is 7. The molecule has 1 aliphatic rings. The number of amides is 1. The molecule has 1 N–H and O–H groups in total. The lowest BCUT2D eigenvalue weighted by atomic mass is 9.98. The summed E-state index contributed by atoms with van der Waals surface area (Å²) in [5.74, 6) is 1.10. The Balaban J connectivity index is 1.43. The van der Waals surface area contributed by atoms with Gasteiger partial charge in [-0.15, -0.1) is 0 Å². The van der Waals surface area contributed by atoms with Gasteiger partial charge in [0.15, 0.2) is 0 Å². The lowest BCUT2D eigenvalue weighted by Gasteiger charge is -2.18. The highest BCUT2D eigenvalue weighted by Crippen LogP contribution is 2.20. The van der Waals surface area contributed by atoms with E-state index in [0.29, 0.717) is 26.2 Å². The van der Waals surface area contributed by atoms with Gasteiger partial charge >= 0.3 is 0 Å².